The van der Waals surface area contributed by atoms with Crippen LogP contribution < -0.4 is 10.6 Å². The van der Waals surface area contributed by atoms with Gasteiger partial charge >= 0.3 is 12.1 Å². The number of methoxy groups -OCH3 is 1. The summed E-state index contributed by atoms with van der Waals surface area (Å²) < 4.78 is 42.8. The summed E-state index contributed by atoms with van der Waals surface area (Å²) in [6.45, 7) is 0.115. The van der Waals surface area contributed by atoms with Gasteiger partial charge in [0.2, 0.25) is 0 Å². The van der Waals surface area contributed by atoms with Crippen molar-refractivity contribution in [2.24, 2.45) is 0 Å². The molecule has 0 unspecified atom stereocenters. The molecule has 0 spiro atoms. The number of nitrogens with zero attached hydrogens (tertiary/aromatic N) is 1. The largest absolute Gasteiger partial charge is 0.469 e. The Bertz CT molecular complexity index is 727. The number of rotatable bonds is 6. The van der Waals surface area contributed by atoms with Crippen LogP contribution in [0.1, 0.15) is 12.0 Å². The second-order valence-electron chi connectivity index (χ2n) is 4.60. The Morgan fingerprint density at radius 3 is 2.64 bits per heavy atom. The maximum Gasteiger partial charge on any atom is 0.417 e. The summed E-state index contributed by atoms with van der Waals surface area (Å²) in [6.07, 6.45) is -3.61. The molecule has 0 aliphatic heterocycles. The van der Waals surface area contributed by atoms with Crippen LogP contribution in [-0.2, 0) is 20.5 Å². The molecule has 25 heavy (non-hydrogen) atoms. The zero-order valence-corrected chi connectivity index (χ0v) is 13.7. The zero-order chi connectivity index (χ0) is 19.0. The lowest BCUT2D eigenvalue weighted by Crippen LogP contribution is -2.19. The lowest BCUT2D eigenvalue weighted by Gasteiger charge is -2.11. The predicted octanol–water partition coefficient (Wildman–Crippen LogP) is 2.86. The number of hydrogen-bond acceptors (Lipinski definition) is 5. The van der Waals surface area contributed by atoms with Crippen molar-refractivity contribution in [2.45, 2.75) is 12.6 Å². The van der Waals surface area contributed by atoms with E-state index in [0.29, 0.717) is 6.07 Å². The van der Waals surface area contributed by atoms with Gasteiger partial charge in [0.1, 0.15) is 11.6 Å². The number of nitriles is 1. The van der Waals surface area contributed by atoms with Gasteiger partial charge in [-0.2, -0.15) is 18.4 Å². The molecule has 0 radical (unpaired) electrons. The average Bonchev–Trinajstić information content (AvgIpc) is 2.55. The molecule has 0 aliphatic rings. The standard InChI is InChI=1S/C15H13ClF3N3O3/c1-25-13(23)4-5-21-8-9(7-20)14(24)22-10-2-3-12(16)11(6-10)15(17,18)19/h2-3,6,8,21H,4-5H2,1H3,(H,22,24)/b9-8-. The van der Waals surface area contributed by atoms with E-state index < -0.39 is 28.6 Å². The van der Waals surface area contributed by atoms with Gasteiger partial charge in [0.25, 0.3) is 5.91 Å². The van der Waals surface area contributed by atoms with E-state index in [9.17, 15) is 22.8 Å². The van der Waals surface area contributed by atoms with Gasteiger partial charge in [0.15, 0.2) is 0 Å². The monoisotopic (exact) mass is 375 g/mol. The maximum absolute atomic E-state index is 12.8. The van der Waals surface area contributed by atoms with Gasteiger partial charge in [0, 0.05) is 18.4 Å². The average molecular weight is 376 g/mol. The molecule has 0 fully saturated rings. The van der Waals surface area contributed by atoms with Crippen molar-refractivity contribution in [3.63, 3.8) is 0 Å². The second-order valence-corrected chi connectivity index (χ2v) is 5.00. The van der Waals surface area contributed by atoms with Crippen molar-refractivity contribution in [1.82, 2.24) is 5.32 Å². The third kappa shape index (κ3) is 6.35. The van der Waals surface area contributed by atoms with Crippen LogP contribution in [0.4, 0.5) is 18.9 Å². The van der Waals surface area contributed by atoms with Crippen molar-refractivity contribution in [3.05, 3.63) is 40.6 Å². The molecular weight excluding hydrogens is 363 g/mol. The minimum absolute atomic E-state index is 0.0133. The summed E-state index contributed by atoms with van der Waals surface area (Å²) in [5.74, 6) is -1.40. The van der Waals surface area contributed by atoms with E-state index in [1.54, 1.807) is 6.07 Å². The molecule has 0 saturated heterocycles. The molecule has 6 nitrogen and oxygen atoms in total. The Hall–Kier alpha value is -2.73. The molecule has 0 saturated carbocycles. The number of amides is 1. The molecule has 2 N–H and O–H groups in total. The number of carbonyl (C=O) groups is 2. The maximum atomic E-state index is 12.8. The second kappa shape index (κ2) is 8.94. The number of anilines is 1. The smallest absolute Gasteiger partial charge is 0.417 e. The topological polar surface area (TPSA) is 91.2 Å². The molecule has 0 bridgehead atoms. The van der Waals surface area contributed by atoms with E-state index in [1.807, 2.05) is 0 Å². The van der Waals surface area contributed by atoms with Gasteiger partial charge < -0.3 is 15.4 Å². The van der Waals surface area contributed by atoms with E-state index in [0.717, 1.165) is 12.3 Å². The highest BCUT2D eigenvalue weighted by atomic mass is 35.5. The summed E-state index contributed by atoms with van der Waals surface area (Å²) in [4.78, 5) is 22.8. The summed E-state index contributed by atoms with van der Waals surface area (Å²) >= 11 is 5.49. The van der Waals surface area contributed by atoms with Crippen molar-refractivity contribution in [1.29, 1.82) is 5.26 Å². The third-order valence-corrected chi connectivity index (χ3v) is 3.17. The Morgan fingerprint density at radius 1 is 1.40 bits per heavy atom. The normalized spacial score (nSPS) is 11.4. The van der Waals surface area contributed by atoms with Crippen LogP contribution in [0.15, 0.2) is 30.0 Å². The molecular formula is C15H13ClF3N3O3. The number of benzene rings is 1. The number of esters is 1. The predicted molar refractivity (Wildman–Crippen MR) is 83.4 cm³/mol. The number of alkyl halides is 3. The lowest BCUT2D eigenvalue weighted by atomic mass is 10.2. The first-order valence-electron chi connectivity index (χ1n) is 6.77. The summed E-state index contributed by atoms with van der Waals surface area (Å²) in [5.41, 5.74) is -1.66. The van der Waals surface area contributed by atoms with E-state index in [2.05, 4.69) is 15.4 Å². The van der Waals surface area contributed by atoms with Crippen molar-refractivity contribution >= 4 is 29.2 Å². The van der Waals surface area contributed by atoms with Crippen molar-refractivity contribution in [2.75, 3.05) is 19.0 Å². The van der Waals surface area contributed by atoms with Crippen LogP contribution in [-0.4, -0.2) is 25.5 Å². The van der Waals surface area contributed by atoms with Crippen LogP contribution in [0.2, 0.25) is 5.02 Å². The molecule has 1 aromatic carbocycles. The molecule has 1 rings (SSSR count). The number of ether oxygens (including phenoxy) is 1. The van der Waals surface area contributed by atoms with Crippen LogP contribution in [0.5, 0.6) is 0 Å². The highest BCUT2D eigenvalue weighted by Crippen LogP contribution is 2.36. The first-order chi connectivity index (χ1) is 11.7. The van der Waals surface area contributed by atoms with Crippen molar-refractivity contribution in [3.8, 4) is 6.07 Å². The molecule has 0 atom stereocenters. The first kappa shape index (κ1) is 20.3. The van der Waals surface area contributed by atoms with Gasteiger partial charge in [-0.05, 0) is 18.2 Å². The molecule has 1 aromatic rings. The van der Waals surface area contributed by atoms with Gasteiger partial charge in [0.05, 0.1) is 24.1 Å². The molecule has 0 aromatic heterocycles. The van der Waals surface area contributed by atoms with E-state index in [-0.39, 0.29) is 24.2 Å². The number of halogens is 4. The Labute approximate surface area is 146 Å². The van der Waals surface area contributed by atoms with E-state index >= 15 is 0 Å². The van der Waals surface area contributed by atoms with Crippen LogP contribution >= 0.6 is 11.6 Å². The van der Waals surface area contributed by atoms with Crippen LogP contribution in [0.3, 0.4) is 0 Å². The molecule has 134 valence electrons. The molecule has 0 aliphatic carbocycles. The van der Waals surface area contributed by atoms with Crippen LogP contribution in [0.25, 0.3) is 0 Å². The van der Waals surface area contributed by atoms with Crippen LogP contribution in [0, 0.1) is 11.3 Å². The van der Waals surface area contributed by atoms with Gasteiger partial charge in [-0.25, -0.2) is 0 Å². The van der Waals surface area contributed by atoms with E-state index in [4.69, 9.17) is 16.9 Å². The number of carbonyl (C=O) groups excluding carboxylic acids is 2. The van der Waals surface area contributed by atoms with Gasteiger partial charge in [-0.15, -0.1) is 0 Å². The Balaban J connectivity index is 2.79. The summed E-state index contributed by atoms with van der Waals surface area (Å²) in [5, 5.41) is 13.2. The fourth-order valence-electron chi connectivity index (χ4n) is 1.62. The van der Waals surface area contributed by atoms with Gasteiger partial charge in [-0.1, -0.05) is 11.6 Å². The summed E-state index contributed by atoms with van der Waals surface area (Å²) in [6, 6.07) is 4.44. The summed E-state index contributed by atoms with van der Waals surface area (Å²) in [7, 11) is 1.22. The quantitative estimate of drug-likeness (QED) is 0.345. The highest BCUT2D eigenvalue weighted by Gasteiger charge is 2.33. The number of nitrogens with one attached hydrogen (secondary N) is 2. The third-order valence-electron chi connectivity index (χ3n) is 2.84. The Morgan fingerprint density at radius 2 is 2.08 bits per heavy atom. The van der Waals surface area contributed by atoms with E-state index in [1.165, 1.54) is 13.2 Å². The molecule has 10 heteroatoms. The minimum Gasteiger partial charge on any atom is -0.469 e. The number of hydrogen-bond donors (Lipinski definition) is 2. The minimum atomic E-state index is -4.68. The Kier molecular flexibility index (Phi) is 7.26. The molecule has 0 heterocycles. The van der Waals surface area contributed by atoms with Crippen molar-refractivity contribution < 1.29 is 27.5 Å². The zero-order valence-electron chi connectivity index (χ0n) is 12.9. The fourth-order valence-corrected chi connectivity index (χ4v) is 1.84. The lowest BCUT2D eigenvalue weighted by molar-refractivity contribution is -0.140. The fraction of sp³-hybridized carbons (Fsp3) is 0.267. The highest BCUT2D eigenvalue weighted by molar-refractivity contribution is 6.31. The molecule has 1 amide bonds. The SMILES string of the molecule is COC(=O)CCN/C=C(/C#N)C(=O)Nc1ccc(Cl)c(C(F)(F)F)c1. The van der Waals surface area contributed by atoms with Gasteiger partial charge in [-0.3, -0.25) is 9.59 Å². The first-order valence-corrected chi connectivity index (χ1v) is 7.15.